The van der Waals surface area contributed by atoms with Crippen LogP contribution in [0.25, 0.3) is 0 Å². The van der Waals surface area contributed by atoms with Gasteiger partial charge in [-0.1, -0.05) is 0 Å². The summed E-state index contributed by atoms with van der Waals surface area (Å²) in [6.45, 7) is 2.78. The number of Topliss-reactive ketones (excluding diaryl/α,β-unsaturated/α-hetero) is 1. The highest BCUT2D eigenvalue weighted by atomic mass is 19.4. The van der Waals surface area contributed by atoms with Gasteiger partial charge >= 0.3 is 6.18 Å². The zero-order valence-electron chi connectivity index (χ0n) is 9.39. The molecule has 0 aliphatic carbocycles. The molecule has 2 N–H and O–H groups in total. The van der Waals surface area contributed by atoms with Crippen molar-refractivity contribution in [2.45, 2.75) is 20.0 Å². The Hall–Kier alpha value is -1.72. The van der Waals surface area contributed by atoms with E-state index in [4.69, 9.17) is 10.5 Å². The molecule has 0 atom stereocenters. The van der Waals surface area contributed by atoms with Crippen molar-refractivity contribution in [1.29, 1.82) is 0 Å². The minimum absolute atomic E-state index is 0.0186. The maximum absolute atomic E-state index is 12.7. The first-order valence-electron chi connectivity index (χ1n) is 4.92. The molecular formula is C11H12F3NO2. The van der Waals surface area contributed by atoms with Gasteiger partial charge in [0.15, 0.2) is 11.5 Å². The minimum atomic E-state index is -4.61. The van der Waals surface area contributed by atoms with Crippen LogP contribution in [0.4, 0.5) is 18.9 Å². The van der Waals surface area contributed by atoms with Crippen molar-refractivity contribution in [3.05, 3.63) is 23.3 Å². The summed E-state index contributed by atoms with van der Waals surface area (Å²) in [7, 11) is 0. The molecule has 17 heavy (non-hydrogen) atoms. The van der Waals surface area contributed by atoms with Crippen molar-refractivity contribution in [3.63, 3.8) is 0 Å². The molecule has 0 bridgehead atoms. The molecule has 0 amide bonds. The Bertz CT molecular complexity index is 441. The number of carbonyl (C=O) groups is 1. The Labute approximate surface area is 96.4 Å². The third kappa shape index (κ3) is 2.69. The van der Waals surface area contributed by atoms with E-state index in [-0.39, 0.29) is 18.0 Å². The fraction of sp³-hybridized carbons (Fsp3) is 0.364. The van der Waals surface area contributed by atoms with E-state index in [1.165, 1.54) is 0 Å². The van der Waals surface area contributed by atoms with Gasteiger partial charge in [-0.15, -0.1) is 0 Å². The first kappa shape index (κ1) is 13.3. The lowest BCUT2D eigenvalue weighted by molar-refractivity contribution is -0.138. The summed E-state index contributed by atoms with van der Waals surface area (Å²) in [6, 6.07) is 1.87. The molecule has 0 saturated heterocycles. The summed E-state index contributed by atoms with van der Waals surface area (Å²) < 4.78 is 43.2. The first-order valence-corrected chi connectivity index (χ1v) is 4.92. The molecule has 0 aromatic heterocycles. The highest BCUT2D eigenvalue weighted by Gasteiger charge is 2.36. The number of halogens is 3. The Balaban J connectivity index is 3.53. The average molecular weight is 247 g/mol. The van der Waals surface area contributed by atoms with Gasteiger partial charge in [-0.2, -0.15) is 13.2 Å². The number of nitrogens with two attached hydrogens (primary N) is 1. The lowest BCUT2D eigenvalue weighted by Gasteiger charge is -2.16. The second-order valence-corrected chi connectivity index (χ2v) is 3.39. The molecule has 6 heteroatoms. The van der Waals surface area contributed by atoms with Gasteiger partial charge in [0.05, 0.1) is 23.4 Å². The lowest BCUT2D eigenvalue weighted by atomic mass is 10.0. The fourth-order valence-corrected chi connectivity index (χ4v) is 1.48. The van der Waals surface area contributed by atoms with E-state index in [9.17, 15) is 18.0 Å². The highest BCUT2D eigenvalue weighted by Crippen LogP contribution is 2.39. The number of hydrogen-bond acceptors (Lipinski definition) is 3. The minimum Gasteiger partial charge on any atom is -0.491 e. The summed E-state index contributed by atoms with van der Waals surface area (Å²) >= 11 is 0. The number of ketones is 1. The molecular weight excluding hydrogens is 235 g/mol. The van der Waals surface area contributed by atoms with E-state index in [0.717, 1.165) is 19.1 Å². The van der Waals surface area contributed by atoms with E-state index in [1.807, 2.05) is 0 Å². The van der Waals surface area contributed by atoms with Crippen LogP contribution in [0.2, 0.25) is 0 Å². The van der Waals surface area contributed by atoms with Crippen LogP contribution < -0.4 is 10.5 Å². The Morgan fingerprint density at radius 2 is 2.00 bits per heavy atom. The smallest absolute Gasteiger partial charge is 0.417 e. The Morgan fingerprint density at radius 3 is 2.41 bits per heavy atom. The van der Waals surface area contributed by atoms with Gasteiger partial charge in [0.2, 0.25) is 0 Å². The number of ether oxygens (including phenoxy) is 1. The molecule has 1 aromatic rings. The van der Waals surface area contributed by atoms with Crippen LogP contribution in [-0.4, -0.2) is 12.4 Å². The standard InChI is InChI=1S/C11H12F3NO2/c1-3-17-10-8(15)5-4-7(11(12,13)14)9(10)6(2)16/h4-5H,3,15H2,1-2H3. The number of hydrogen-bond donors (Lipinski definition) is 1. The fourth-order valence-electron chi connectivity index (χ4n) is 1.48. The van der Waals surface area contributed by atoms with Crippen LogP contribution in [0.1, 0.15) is 29.8 Å². The zero-order valence-corrected chi connectivity index (χ0v) is 9.39. The summed E-state index contributed by atoms with van der Waals surface area (Å²) in [4.78, 5) is 11.3. The molecule has 0 fully saturated rings. The van der Waals surface area contributed by atoms with E-state index < -0.39 is 23.1 Å². The topological polar surface area (TPSA) is 52.3 Å². The molecule has 3 nitrogen and oxygen atoms in total. The van der Waals surface area contributed by atoms with Crippen LogP contribution >= 0.6 is 0 Å². The normalized spacial score (nSPS) is 11.4. The molecule has 0 saturated carbocycles. The van der Waals surface area contributed by atoms with Crippen LogP contribution in [0.5, 0.6) is 5.75 Å². The third-order valence-corrected chi connectivity index (χ3v) is 2.13. The van der Waals surface area contributed by atoms with Crippen molar-refractivity contribution >= 4 is 11.5 Å². The molecule has 1 rings (SSSR count). The van der Waals surface area contributed by atoms with Crippen molar-refractivity contribution in [2.24, 2.45) is 0 Å². The first-order chi connectivity index (χ1) is 7.79. The number of alkyl halides is 3. The van der Waals surface area contributed by atoms with Gasteiger partial charge in [0.25, 0.3) is 0 Å². The summed E-state index contributed by atoms with van der Waals surface area (Å²) in [5, 5.41) is 0. The monoisotopic (exact) mass is 247 g/mol. The second-order valence-electron chi connectivity index (χ2n) is 3.39. The molecule has 0 aliphatic heterocycles. The molecule has 1 aromatic carbocycles. The summed E-state index contributed by atoms with van der Waals surface area (Å²) in [5.41, 5.74) is 3.99. The molecule has 0 radical (unpaired) electrons. The molecule has 0 heterocycles. The van der Waals surface area contributed by atoms with Crippen LogP contribution in [0.3, 0.4) is 0 Å². The van der Waals surface area contributed by atoms with Crippen LogP contribution in [0.15, 0.2) is 12.1 Å². The molecule has 94 valence electrons. The number of anilines is 1. The van der Waals surface area contributed by atoms with E-state index >= 15 is 0 Å². The summed E-state index contributed by atoms with van der Waals surface area (Å²) in [5.74, 6) is -0.928. The second kappa shape index (κ2) is 4.65. The molecule has 0 spiro atoms. The van der Waals surface area contributed by atoms with Crippen molar-refractivity contribution < 1.29 is 22.7 Å². The SMILES string of the molecule is CCOc1c(N)ccc(C(F)(F)F)c1C(C)=O. The number of benzene rings is 1. The van der Waals surface area contributed by atoms with Gasteiger partial charge in [0, 0.05) is 0 Å². The number of nitrogen functional groups attached to an aromatic ring is 1. The largest absolute Gasteiger partial charge is 0.491 e. The van der Waals surface area contributed by atoms with Gasteiger partial charge in [-0.3, -0.25) is 4.79 Å². The Morgan fingerprint density at radius 1 is 1.41 bits per heavy atom. The van der Waals surface area contributed by atoms with Gasteiger partial charge in [0.1, 0.15) is 0 Å². The van der Waals surface area contributed by atoms with Crippen LogP contribution in [0, 0.1) is 0 Å². The maximum Gasteiger partial charge on any atom is 0.417 e. The van der Waals surface area contributed by atoms with Gasteiger partial charge < -0.3 is 10.5 Å². The van der Waals surface area contributed by atoms with E-state index in [2.05, 4.69) is 0 Å². The van der Waals surface area contributed by atoms with Gasteiger partial charge in [-0.25, -0.2) is 0 Å². The predicted octanol–water partition coefficient (Wildman–Crippen LogP) is 2.89. The molecule has 0 unspecified atom stereocenters. The maximum atomic E-state index is 12.7. The van der Waals surface area contributed by atoms with Crippen molar-refractivity contribution in [3.8, 4) is 5.75 Å². The molecule has 0 aliphatic rings. The van der Waals surface area contributed by atoms with Crippen molar-refractivity contribution in [2.75, 3.05) is 12.3 Å². The summed E-state index contributed by atoms with van der Waals surface area (Å²) in [6.07, 6.45) is -4.61. The quantitative estimate of drug-likeness (QED) is 0.660. The lowest BCUT2D eigenvalue weighted by Crippen LogP contribution is -2.14. The average Bonchev–Trinajstić information content (AvgIpc) is 2.18. The van der Waals surface area contributed by atoms with E-state index in [0.29, 0.717) is 0 Å². The van der Waals surface area contributed by atoms with E-state index in [1.54, 1.807) is 6.92 Å². The van der Waals surface area contributed by atoms with Crippen molar-refractivity contribution in [1.82, 2.24) is 0 Å². The van der Waals surface area contributed by atoms with Gasteiger partial charge in [-0.05, 0) is 26.0 Å². The number of rotatable bonds is 3. The predicted molar refractivity (Wildman–Crippen MR) is 57.0 cm³/mol. The highest BCUT2D eigenvalue weighted by molar-refractivity contribution is 6.00. The number of carbonyl (C=O) groups excluding carboxylic acids is 1. The zero-order chi connectivity index (χ0) is 13.2. The van der Waals surface area contributed by atoms with Crippen LogP contribution in [-0.2, 0) is 6.18 Å². The third-order valence-electron chi connectivity index (χ3n) is 2.13. The Kier molecular flexibility index (Phi) is 3.65.